The summed E-state index contributed by atoms with van der Waals surface area (Å²) in [4.78, 5) is 0. The molecule has 44 valence electrons. The summed E-state index contributed by atoms with van der Waals surface area (Å²) in [7, 11) is 0. The van der Waals surface area contributed by atoms with Crippen molar-refractivity contribution in [3.8, 4) is 0 Å². The number of rotatable bonds is 0. The van der Waals surface area contributed by atoms with Crippen LogP contribution >= 0.6 is 0 Å². The van der Waals surface area contributed by atoms with Gasteiger partial charge in [-0.2, -0.15) is 0 Å². The van der Waals surface area contributed by atoms with Crippen LogP contribution in [0, 0.1) is 0 Å². The van der Waals surface area contributed by atoms with Gasteiger partial charge in [-0.05, 0) is 13.1 Å². The Morgan fingerprint density at radius 3 is 2.00 bits per heavy atom. The minimum atomic E-state index is 0. The summed E-state index contributed by atoms with van der Waals surface area (Å²) in [6.07, 6.45) is 2.08. The molecule has 0 unspecified atom stereocenters. The van der Waals surface area contributed by atoms with E-state index < -0.39 is 0 Å². The van der Waals surface area contributed by atoms with Crippen molar-refractivity contribution in [2.24, 2.45) is 0 Å². The van der Waals surface area contributed by atoms with Gasteiger partial charge in [0, 0.05) is 0 Å². The molecule has 0 spiro atoms. The van der Waals surface area contributed by atoms with Gasteiger partial charge < -0.3 is 11.1 Å². The molecule has 1 aliphatic rings. The summed E-state index contributed by atoms with van der Waals surface area (Å²) >= 11 is 0. The molecule has 2 nitrogen and oxygen atoms in total. The molecule has 0 aromatic heterocycles. The van der Waals surface area contributed by atoms with E-state index in [1.54, 1.807) is 0 Å². The van der Waals surface area contributed by atoms with E-state index in [0.717, 1.165) is 25.9 Å². The molecule has 0 saturated carbocycles. The first-order chi connectivity index (χ1) is 3.39. The third-order valence-electron chi connectivity index (χ3n) is 1.34. The van der Waals surface area contributed by atoms with Crippen LogP contribution in [0.15, 0.2) is 0 Å². The molecule has 0 radical (unpaired) electrons. The Kier molecular flexibility index (Phi) is 2.59. The monoisotopic (exact) mass is 366 g/mol. The molecule has 3 heteroatoms. The molecule has 1 saturated heterocycles. The van der Waals surface area contributed by atoms with Crippen molar-refractivity contribution in [3.05, 3.63) is 5.73 Å². The Hall–Kier alpha value is -1.08. The third kappa shape index (κ3) is 1.58. The SMILES string of the molecule is [NH-]C1CCNCC1.[Rf]. The standard InChI is InChI=1S/C5H11N2.Rf/c6-5-1-3-7-4-2-5;/h5-7H,1-4H2;/q-1;. The quantitative estimate of drug-likeness (QED) is 0.676. The summed E-state index contributed by atoms with van der Waals surface area (Å²) in [5, 5.41) is 3.20. The minimum Gasteiger partial charge on any atom is -0.675 e. The smallest absolute Gasteiger partial charge is 0 e. The maximum absolute atomic E-state index is 7.23. The first-order valence-corrected chi connectivity index (χ1v) is 2.81. The zero-order valence-corrected chi connectivity index (χ0v) is 11.5. The van der Waals surface area contributed by atoms with Crippen LogP contribution in [-0.2, 0) is 0 Å². The van der Waals surface area contributed by atoms with Gasteiger partial charge in [0.15, 0.2) is 0 Å². The second kappa shape index (κ2) is 2.99. The van der Waals surface area contributed by atoms with Crippen molar-refractivity contribution in [1.29, 1.82) is 0 Å². The number of piperidine rings is 1. The van der Waals surface area contributed by atoms with E-state index in [9.17, 15) is 0 Å². The second-order valence-electron chi connectivity index (χ2n) is 2.02. The van der Waals surface area contributed by atoms with Crippen LogP contribution < -0.4 is 5.32 Å². The second-order valence-corrected chi connectivity index (χ2v) is 2.02. The van der Waals surface area contributed by atoms with Gasteiger partial charge in [-0.25, -0.2) is 0 Å². The van der Waals surface area contributed by atoms with E-state index in [2.05, 4.69) is 5.32 Å². The van der Waals surface area contributed by atoms with E-state index in [1.807, 2.05) is 0 Å². The molecule has 1 fully saturated rings. The summed E-state index contributed by atoms with van der Waals surface area (Å²) in [6, 6.07) is 0.223. The average Bonchev–Trinajstić information content (AvgIpc) is 1.69. The van der Waals surface area contributed by atoms with Gasteiger partial charge in [0.2, 0.25) is 0 Å². The van der Waals surface area contributed by atoms with Crippen LogP contribution in [0.5, 0.6) is 0 Å². The molecule has 0 atom stereocenters. The largest absolute Gasteiger partial charge is 0.675 e. The van der Waals surface area contributed by atoms with Gasteiger partial charge in [0.05, 0.1) is 0 Å². The van der Waals surface area contributed by atoms with Crippen LogP contribution in [0.1, 0.15) is 12.8 Å². The van der Waals surface area contributed by atoms with Crippen LogP contribution in [0.3, 0.4) is 0 Å². The summed E-state index contributed by atoms with van der Waals surface area (Å²) in [5.74, 6) is 0. The molecule has 8 heavy (non-hydrogen) atoms. The van der Waals surface area contributed by atoms with Gasteiger partial charge in [-0.3, -0.25) is 0 Å². The first-order valence-electron chi connectivity index (χ1n) is 2.81. The fourth-order valence-electron chi connectivity index (χ4n) is 0.822. The number of nitrogens with one attached hydrogen (secondary N) is 2. The van der Waals surface area contributed by atoms with Crippen molar-refractivity contribution in [1.82, 2.24) is 5.32 Å². The minimum absolute atomic E-state index is 0. The number of hydrogen-bond donors (Lipinski definition) is 1. The van der Waals surface area contributed by atoms with Crippen LogP contribution in [-0.4, -0.2) is 19.1 Å². The summed E-state index contributed by atoms with van der Waals surface area (Å²) < 4.78 is 0. The molecular formula is C5H11N2Rf-. The van der Waals surface area contributed by atoms with E-state index >= 15 is 0 Å². The van der Waals surface area contributed by atoms with E-state index in [4.69, 9.17) is 5.73 Å². The van der Waals surface area contributed by atoms with Gasteiger partial charge >= 0.3 is 0 Å². The maximum Gasteiger partial charge on any atom is 0 e. The van der Waals surface area contributed by atoms with E-state index in [-0.39, 0.29) is 6.04 Å². The van der Waals surface area contributed by atoms with Gasteiger partial charge in [0.1, 0.15) is 0 Å². The van der Waals surface area contributed by atoms with Crippen molar-refractivity contribution < 1.29 is 0 Å². The Balaban J connectivity index is 0.000000490. The predicted molar refractivity (Wildman–Crippen MR) is 30.2 cm³/mol. The molecule has 0 aliphatic carbocycles. The van der Waals surface area contributed by atoms with Crippen molar-refractivity contribution in [2.75, 3.05) is 13.1 Å². The fraction of sp³-hybridized carbons (Fsp3) is 1.00. The van der Waals surface area contributed by atoms with Crippen molar-refractivity contribution in [3.63, 3.8) is 0 Å². The molecule has 0 aromatic rings. The Bertz CT molecular complexity index is 52.4. The zero-order chi connectivity index (χ0) is 5.11. The molecule has 1 aliphatic heterocycles. The number of hydrogen-bond acceptors (Lipinski definition) is 1. The van der Waals surface area contributed by atoms with Gasteiger partial charge in [0.25, 0.3) is 0 Å². The molecular weight excluding hydrogens is 355 g/mol. The molecule has 1 rings (SSSR count). The first kappa shape index (κ1) is 6.92. The molecule has 2 N–H and O–H groups in total. The van der Waals surface area contributed by atoms with Gasteiger partial charge in [-0.15, -0.1) is 6.04 Å². The fourth-order valence-corrected chi connectivity index (χ4v) is 0.822. The normalized spacial score (nSPS) is 22.1. The zero-order valence-electron chi connectivity index (χ0n) is 5.11. The molecule has 0 amide bonds. The van der Waals surface area contributed by atoms with Crippen LogP contribution in [0.25, 0.3) is 5.73 Å². The molecule has 1 heterocycles. The van der Waals surface area contributed by atoms with Gasteiger partial charge in [-0.1, -0.05) is 12.8 Å². The topological polar surface area (TPSA) is 35.8 Å². The third-order valence-corrected chi connectivity index (χ3v) is 1.34. The van der Waals surface area contributed by atoms with Crippen molar-refractivity contribution >= 4 is 0 Å². The van der Waals surface area contributed by atoms with E-state index in [0.29, 0.717) is 0 Å². The maximum atomic E-state index is 7.23. The van der Waals surface area contributed by atoms with Crippen LogP contribution in [0.2, 0.25) is 0 Å². The average molecular weight is 366 g/mol. The van der Waals surface area contributed by atoms with Crippen molar-refractivity contribution in [2.45, 2.75) is 18.9 Å². The Labute approximate surface area is 44.1 Å². The summed E-state index contributed by atoms with van der Waals surface area (Å²) in [6.45, 7) is 2.10. The predicted octanol–water partition coefficient (Wildman–Crippen LogP) is 0.791. The summed E-state index contributed by atoms with van der Waals surface area (Å²) in [5.41, 5.74) is 7.23. The Morgan fingerprint density at radius 1 is 1.25 bits per heavy atom. The molecule has 0 bridgehead atoms. The Morgan fingerprint density at radius 2 is 1.75 bits per heavy atom. The molecule has 0 aromatic carbocycles. The van der Waals surface area contributed by atoms with E-state index in [1.165, 1.54) is 0 Å². The van der Waals surface area contributed by atoms with Crippen LogP contribution in [0.4, 0.5) is 0 Å².